The lowest BCUT2D eigenvalue weighted by molar-refractivity contribution is 0.0777. The monoisotopic (exact) mass is 288 g/mol. The van der Waals surface area contributed by atoms with Crippen LogP contribution in [0.2, 0.25) is 0 Å². The first kappa shape index (κ1) is 16.3. The van der Waals surface area contributed by atoms with Gasteiger partial charge in [-0.2, -0.15) is 0 Å². The van der Waals surface area contributed by atoms with Crippen LogP contribution in [-0.4, -0.2) is 27.2 Å². The summed E-state index contributed by atoms with van der Waals surface area (Å²) in [6, 6.07) is 0. The molecule has 110 valence electrons. The van der Waals surface area contributed by atoms with Gasteiger partial charge in [0.25, 0.3) is 0 Å². The molecule has 6 heteroatoms. The minimum Gasteiger partial charge on any atom is -0.591 e. The highest BCUT2D eigenvalue weighted by Gasteiger charge is 2.30. The average Bonchev–Trinajstić information content (AvgIpc) is 2.27. The van der Waals surface area contributed by atoms with E-state index in [1.165, 1.54) is 0 Å². The molecule has 1 amide bonds. The fraction of sp³-hybridized carbons (Fsp3) is 0.846. The molecule has 0 aromatic rings. The van der Waals surface area contributed by atoms with E-state index in [4.69, 9.17) is 10.5 Å². The minimum absolute atomic E-state index is 0.0744. The number of nitrogens with two attached hydrogens (primary N) is 1. The molecule has 0 aromatic carbocycles. The van der Waals surface area contributed by atoms with Crippen molar-refractivity contribution < 1.29 is 14.1 Å². The quantitative estimate of drug-likeness (QED) is 0.639. The maximum Gasteiger partial charge on any atom is 0.404 e. The standard InChI is InChI=1S/C13H24N2O3S/c1-9(15-19(17)13(2,3)4)10-5-7-11(8-6-10)18-12(14)16/h10-11H,5-8H2,1-4H3,(H2,14,16)/b15-9+/t10-,11-,19-/m0/s1. The third-order valence-electron chi connectivity index (χ3n) is 3.30. The summed E-state index contributed by atoms with van der Waals surface area (Å²) in [4.78, 5) is 10.7. The maximum absolute atomic E-state index is 12.0. The Morgan fingerprint density at radius 2 is 1.84 bits per heavy atom. The van der Waals surface area contributed by atoms with Gasteiger partial charge in [-0.3, -0.25) is 0 Å². The Kier molecular flexibility index (Phi) is 5.67. The second-order valence-electron chi connectivity index (χ2n) is 6.00. The summed E-state index contributed by atoms with van der Waals surface area (Å²) in [5, 5.41) is 0. The number of rotatable bonds is 3. The molecule has 0 aliphatic heterocycles. The van der Waals surface area contributed by atoms with Crippen LogP contribution in [0.3, 0.4) is 0 Å². The van der Waals surface area contributed by atoms with Gasteiger partial charge in [0.05, 0.1) is 5.71 Å². The molecule has 1 aliphatic carbocycles. The Hall–Kier alpha value is -0.750. The van der Waals surface area contributed by atoms with E-state index in [0.717, 1.165) is 31.4 Å². The smallest absolute Gasteiger partial charge is 0.404 e. The van der Waals surface area contributed by atoms with Gasteiger partial charge in [0.1, 0.15) is 22.2 Å². The Morgan fingerprint density at radius 1 is 1.32 bits per heavy atom. The normalized spacial score (nSPS) is 26.9. The van der Waals surface area contributed by atoms with Gasteiger partial charge < -0.3 is 15.0 Å². The fourth-order valence-electron chi connectivity index (χ4n) is 2.10. The second kappa shape index (κ2) is 6.61. The molecule has 5 nitrogen and oxygen atoms in total. The van der Waals surface area contributed by atoms with E-state index in [1.54, 1.807) is 0 Å². The number of carbonyl (C=O) groups is 1. The van der Waals surface area contributed by atoms with Gasteiger partial charge >= 0.3 is 6.09 Å². The van der Waals surface area contributed by atoms with E-state index in [9.17, 15) is 9.35 Å². The van der Waals surface area contributed by atoms with Gasteiger partial charge in [-0.05, 0) is 53.4 Å². The fourth-order valence-corrected chi connectivity index (χ4v) is 2.79. The molecule has 1 aliphatic rings. The van der Waals surface area contributed by atoms with Gasteiger partial charge in [0.15, 0.2) is 0 Å². The molecule has 0 heterocycles. The largest absolute Gasteiger partial charge is 0.591 e. The van der Waals surface area contributed by atoms with E-state index < -0.39 is 17.5 Å². The van der Waals surface area contributed by atoms with Crippen LogP contribution in [0.15, 0.2) is 4.40 Å². The van der Waals surface area contributed by atoms with E-state index in [-0.39, 0.29) is 10.9 Å². The van der Waals surface area contributed by atoms with Crippen LogP contribution in [0.5, 0.6) is 0 Å². The molecule has 19 heavy (non-hydrogen) atoms. The van der Waals surface area contributed by atoms with Gasteiger partial charge in [-0.1, -0.05) is 4.40 Å². The van der Waals surface area contributed by atoms with Crippen LogP contribution in [0, 0.1) is 5.92 Å². The van der Waals surface area contributed by atoms with Crippen molar-refractivity contribution >= 4 is 23.2 Å². The molecular formula is C13H24N2O3S. The third kappa shape index (κ3) is 5.40. The second-order valence-corrected chi connectivity index (χ2v) is 7.91. The molecule has 0 saturated heterocycles. The summed E-state index contributed by atoms with van der Waals surface area (Å²) >= 11 is -1.20. The van der Waals surface area contributed by atoms with Crippen LogP contribution >= 0.6 is 0 Å². The van der Waals surface area contributed by atoms with E-state index in [1.807, 2.05) is 27.7 Å². The van der Waals surface area contributed by atoms with Crippen molar-refractivity contribution in [2.45, 2.75) is 64.2 Å². The van der Waals surface area contributed by atoms with Crippen LogP contribution in [-0.2, 0) is 16.1 Å². The summed E-state index contributed by atoms with van der Waals surface area (Å²) < 4.78 is 20.9. The highest BCUT2D eigenvalue weighted by Crippen LogP contribution is 2.28. The predicted octanol–water partition coefficient (Wildman–Crippen LogP) is 2.56. The Balaban J connectivity index is 2.51. The number of carbonyl (C=O) groups excluding carboxylic acids is 1. The third-order valence-corrected chi connectivity index (χ3v) is 4.80. The van der Waals surface area contributed by atoms with Crippen LogP contribution in [0.25, 0.3) is 0 Å². The first-order valence-electron chi connectivity index (χ1n) is 6.63. The Labute approximate surface area is 118 Å². The number of amides is 1. The SMILES string of the molecule is C/C(=N\[S@@+]([O-])C(C)(C)C)[C@H]1CC[C@H](OC(N)=O)CC1. The molecule has 1 atom stereocenters. The van der Waals surface area contributed by atoms with Crippen molar-refractivity contribution in [3.05, 3.63) is 0 Å². The summed E-state index contributed by atoms with van der Waals surface area (Å²) in [5.74, 6) is 0.332. The maximum atomic E-state index is 12.0. The molecule has 1 fully saturated rings. The van der Waals surface area contributed by atoms with Gasteiger partial charge in [-0.15, -0.1) is 0 Å². The highest BCUT2D eigenvalue weighted by molar-refractivity contribution is 7.91. The summed E-state index contributed by atoms with van der Waals surface area (Å²) in [7, 11) is 0. The first-order chi connectivity index (χ1) is 8.70. The summed E-state index contributed by atoms with van der Waals surface area (Å²) in [6.45, 7) is 7.68. The molecule has 0 aromatic heterocycles. The van der Waals surface area contributed by atoms with Crippen LogP contribution in [0.4, 0.5) is 4.79 Å². The van der Waals surface area contributed by atoms with Crippen molar-refractivity contribution in [1.82, 2.24) is 0 Å². The predicted molar refractivity (Wildman–Crippen MR) is 77.4 cm³/mol. The zero-order valence-corrected chi connectivity index (χ0v) is 13.0. The topological polar surface area (TPSA) is 87.7 Å². The molecule has 0 radical (unpaired) electrons. The van der Waals surface area contributed by atoms with Gasteiger partial charge in [0.2, 0.25) is 0 Å². The lowest BCUT2D eigenvalue weighted by atomic mass is 9.85. The first-order valence-corrected chi connectivity index (χ1v) is 7.74. The van der Waals surface area contributed by atoms with E-state index >= 15 is 0 Å². The molecule has 1 rings (SSSR count). The Bertz CT molecular complexity index is 344. The molecule has 0 unspecified atom stereocenters. The zero-order valence-electron chi connectivity index (χ0n) is 12.1. The van der Waals surface area contributed by atoms with Crippen molar-refractivity contribution in [1.29, 1.82) is 0 Å². The number of ether oxygens (including phenoxy) is 1. The molecular weight excluding hydrogens is 264 g/mol. The van der Waals surface area contributed by atoms with Crippen molar-refractivity contribution in [3.8, 4) is 0 Å². The van der Waals surface area contributed by atoms with Crippen molar-refractivity contribution in [3.63, 3.8) is 0 Å². The lowest BCUT2D eigenvalue weighted by Gasteiger charge is -2.28. The van der Waals surface area contributed by atoms with Gasteiger partial charge in [0, 0.05) is 5.92 Å². The highest BCUT2D eigenvalue weighted by atomic mass is 32.2. The van der Waals surface area contributed by atoms with Crippen molar-refractivity contribution in [2.24, 2.45) is 16.0 Å². The number of hydrogen-bond donors (Lipinski definition) is 1. The van der Waals surface area contributed by atoms with Crippen molar-refractivity contribution in [2.75, 3.05) is 0 Å². The Morgan fingerprint density at radius 3 is 2.26 bits per heavy atom. The van der Waals surface area contributed by atoms with Crippen LogP contribution in [0.1, 0.15) is 53.4 Å². The van der Waals surface area contributed by atoms with E-state index in [2.05, 4.69) is 4.40 Å². The lowest BCUT2D eigenvalue weighted by Crippen LogP contribution is -2.31. The minimum atomic E-state index is -1.20. The number of nitrogens with zero attached hydrogens (tertiary/aromatic N) is 1. The number of hydrogen-bond acceptors (Lipinski definition) is 4. The molecule has 1 saturated carbocycles. The summed E-state index contributed by atoms with van der Waals surface area (Å²) in [5.41, 5.74) is 5.94. The molecule has 0 bridgehead atoms. The van der Waals surface area contributed by atoms with Gasteiger partial charge in [-0.25, -0.2) is 4.79 Å². The summed E-state index contributed by atoms with van der Waals surface area (Å²) in [6.07, 6.45) is 2.60. The zero-order chi connectivity index (χ0) is 14.6. The molecule has 2 N–H and O–H groups in total. The van der Waals surface area contributed by atoms with E-state index in [0.29, 0.717) is 5.92 Å². The molecule has 0 spiro atoms. The van der Waals surface area contributed by atoms with Crippen LogP contribution < -0.4 is 5.73 Å². The average molecular weight is 288 g/mol. The number of primary amides is 1.